The summed E-state index contributed by atoms with van der Waals surface area (Å²) in [5.41, 5.74) is 0. The van der Waals surface area contributed by atoms with Gasteiger partial charge in [0.15, 0.2) is 6.79 Å². The van der Waals surface area contributed by atoms with Gasteiger partial charge in [0, 0.05) is 0 Å². The minimum atomic E-state index is -3.96. The summed E-state index contributed by atoms with van der Waals surface area (Å²) in [6, 6.07) is 0. The molecule has 0 unspecified atom stereocenters. The van der Waals surface area contributed by atoms with Crippen LogP contribution in [0.1, 0.15) is 6.42 Å². The summed E-state index contributed by atoms with van der Waals surface area (Å²) in [5, 5.41) is -3.29. The fourth-order valence-electron chi connectivity index (χ4n) is 1.65. The minimum Gasteiger partial charge on any atom is -0.269 e. The average Bonchev–Trinajstić information content (AvgIpc) is 2.67. The zero-order chi connectivity index (χ0) is 25.6. The summed E-state index contributed by atoms with van der Waals surface area (Å²) < 4.78 is 152. The summed E-state index contributed by atoms with van der Waals surface area (Å²) in [6.45, 7) is -1.30. The molecule has 3 fully saturated rings. The molecule has 0 saturated carbocycles. The Labute approximate surface area is 190 Å². The molecular formula is C9H18O18S6. The summed E-state index contributed by atoms with van der Waals surface area (Å²) in [6.07, 6.45) is 0.248. The molecular weight excluding hydrogens is 588 g/mol. The van der Waals surface area contributed by atoms with Crippen molar-refractivity contribution in [3.8, 4) is 0 Å². The number of hydrogen-bond donors (Lipinski definition) is 0. The quantitative estimate of drug-likeness (QED) is 0.240. The molecule has 0 bridgehead atoms. The molecule has 0 radical (unpaired) electrons. The van der Waals surface area contributed by atoms with Crippen LogP contribution >= 0.6 is 0 Å². The maximum atomic E-state index is 10.8. The molecule has 3 aliphatic heterocycles. The molecule has 3 saturated heterocycles. The van der Waals surface area contributed by atoms with E-state index in [9.17, 15) is 50.5 Å². The standard InChI is InChI=1S/C4H8O6S2.C3H6O6S2.C2H4O6S2/c5-11(6)4-12(7,8)10-3-1-2-9-11;4-10(5)3-11(6,7)9-2-1-8-10;3-9(4)2-10(5,6)8-1-7-9/h1-4H2;1-3H2;1-2H2. The van der Waals surface area contributed by atoms with Crippen LogP contribution in [0.25, 0.3) is 0 Å². The van der Waals surface area contributed by atoms with Gasteiger partial charge in [-0.2, -0.15) is 50.5 Å². The predicted molar refractivity (Wildman–Crippen MR) is 104 cm³/mol. The topological polar surface area (TPSA) is 260 Å². The Morgan fingerprint density at radius 2 is 0.576 bits per heavy atom. The molecule has 3 aliphatic rings. The van der Waals surface area contributed by atoms with Crippen LogP contribution in [-0.2, 0) is 85.8 Å². The van der Waals surface area contributed by atoms with Gasteiger partial charge in [0.2, 0.25) is 15.3 Å². The van der Waals surface area contributed by atoms with E-state index in [2.05, 4.69) is 25.1 Å². The molecule has 0 aliphatic carbocycles. The van der Waals surface area contributed by atoms with Gasteiger partial charge < -0.3 is 0 Å². The zero-order valence-electron chi connectivity index (χ0n) is 16.2. The molecule has 0 atom stereocenters. The molecule has 0 aromatic rings. The third-order valence-electron chi connectivity index (χ3n) is 2.74. The van der Waals surface area contributed by atoms with Gasteiger partial charge in [0.05, 0.1) is 26.4 Å². The Kier molecular flexibility index (Phi) is 10.6. The molecule has 198 valence electrons. The van der Waals surface area contributed by atoms with Crippen molar-refractivity contribution < 1.29 is 75.6 Å². The van der Waals surface area contributed by atoms with Crippen molar-refractivity contribution in [2.24, 2.45) is 0 Å². The van der Waals surface area contributed by atoms with Gasteiger partial charge in [-0.3, -0.25) is 16.7 Å². The number of rotatable bonds is 0. The molecule has 3 heterocycles. The van der Waals surface area contributed by atoms with Crippen LogP contribution in [0.5, 0.6) is 0 Å². The molecule has 33 heavy (non-hydrogen) atoms. The van der Waals surface area contributed by atoms with Crippen molar-refractivity contribution in [2.45, 2.75) is 6.42 Å². The monoisotopic (exact) mass is 606 g/mol. The lowest BCUT2D eigenvalue weighted by molar-refractivity contribution is 0.124. The van der Waals surface area contributed by atoms with Gasteiger partial charge in [-0.1, -0.05) is 0 Å². The lowest BCUT2D eigenvalue weighted by Crippen LogP contribution is -2.28. The average molecular weight is 607 g/mol. The maximum Gasteiger partial charge on any atom is 0.286 e. The van der Waals surface area contributed by atoms with E-state index in [1.165, 1.54) is 0 Å². The first kappa shape index (κ1) is 30.5. The van der Waals surface area contributed by atoms with Gasteiger partial charge in [-0.05, 0) is 6.42 Å². The van der Waals surface area contributed by atoms with Crippen LogP contribution in [0, 0.1) is 0 Å². The molecule has 0 aromatic carbocycles. The SMILES string of the molecule is O=S1(=O)CS(=O)(=O)OCCCO1.O=S1(=O)CS(=O)(=O)OCCO1.O=S1(=O)CS(=O)(=O)OCO1. The Hall–Kier alpha value is -0.540. The van der Waals surface area contributed by atoms with E-state index in [4.69, 9.17) is 0 Å². The van der Waals surface area contributed by atoms with E-state index in [0.717, 1.165) is 0 Å². The van der Waals surface area contributed by atoms with Gasteiger partial charge in [-0.25, -0.2) is 8.37 Å². The molecule has 0 spiro atoms. The lowest BCUT2D eigenvalue weighted by Gasteiger charge is -2.11. The molecule has 3 rings (SSSR count). The van der Waals surface area contributed by atoms with Crippen LogP contribution in [0.2, 0.25) is 0 Å². The largest absolute Gasteiger partial charge is 0.286 e. The van der Waals surface area contributed by atoms with Crippen molar-refractivity contribution >= 4 is 60.7 Å². The van der Waals surface area contributed by atoms with Gasteiger partial charge in [0.25, 0.3) is 60.7 Å². The highest BCUT2D eigenvalue weighted by Gasteiger charge is 2.30. The van der Waals surface area contributed by atoms with E-state index in [1.807, 2.05) is 0 Å². The highest BCUT2D eigenvalue weighted by atomic mass is 32.3. The van der Waals surface area contributed by atoms with E-state index in [-0.39, 0.29) is 32.8 Å². The first-order valence-electron chi connectivity index (χ1n) is 7.96. The van der Waals surface area contributed by atoms with E-state index in [1.54, 1.807) is 0 Å². The molecule has 0 aromatic heterocycles. The Balaban J connectivity index is 0.000000249. The molecule has 24 heteroatoms. The summed E-state index contributed by atoms with van der Waals surface area (Å²) in [5.74, 6) is 0. The van der Waals surface area contributed by atoms with Gasteiger partial charge >= 0.3 is 0 Å². The summed E-state index contributed by atoms with van der Waals surface area (Å²) in [7, 11) is -23.6. The number of hydrogen-bond acceptors (Lipinski definition) is 18. The van der Waals surface area contributed by atoms with Crippen molar-refractivity contribution in [3.63, 3.8) is 0 Å². The summed E-state index contributed by atoms with van der Waals surface area (Å²) in [4.78, 5) is 0. The maximum absolute atomic E-state index is 10.8. The molecule has 18 nitrogen and oxygen atoms in total. The highest BCUT2D eigenvalue weighted by molar-refractivity contribution is 8.04. The normalized spacial score (nSPS) is 29.1. The predicted octanol–water partition coefficient (Wildman–Crippen LogP) is -3.70. The van der Waals surface area contributed by atoms with Crippen LogP contribution in [0.3, 0.4) is 0 Å². The second-order valence-corrected chi connectivity index (χ2v) is 16.6. The molecule has 0 amide bonds. The first-order valence-corrected chi connectivity index (χ1v) is 17.4. The minimum absolute atomic E-state index is 0.0299. The highest BCUT2D eigenvalue weighted by Crippen LogP contribution is 2.09. The van der Waals surface area contributed by atoms with Crippen LogP contribution in [0.4, 0.5) is 0 Å². The summed E-state index contributed by atoms with van der Waals surface area (Å²) >= 11 is 0. The Bertz CT molecular complexity index is 1200. The van der Waals surface area contributed by atoms with E-state index >= 15 is 0 Å². The van der Waals surface area contributed by atoms with Gasteiger partial charge in [-0.15, -0.1) is 0 Å². The van der Waals surface area contributed by atoms with Crippen molar-refractivity contribution in [1.82, 2.24) is 0 Å². The van der Waals surface area contributed by atoms with E-state index in [0.29, 0.717) is 0 Å². The third kappa shape index (κ3) is 13.8. The zero-order valence-corrected chi connectivity index (χ0v) is 21.1. The van der Waals surface area contributed by atoms with Crippen LogP contribution in [0.15, 0.2) is 0 Å². The smallest absolute Gasteiger partial charge is 0.269 e. The van der Waals surface area contributed by atoms with Crippen molar-refractivity contribution in [1.29, 1.82) is 0 Å². The fourth-order valence-corrected chi connectivity index (χ4v) is 9.37. The van der Waals surface area contributed by atoms with Gasteiger partial charge in [0.1, 0.15) is 0 Å². The van der Waals surface area contributed by atoms with Crippen molar-refractivity contribution in [3.05, 3.63) is 0 Å². The Morgan fingerprint density at radius 1 is 0.333 bits per heavy atom. The lowest BCUT2D eigenvalue weighted by atomic mass is 10.5. The molecule has 0 N–H and O–H groups in total. The van der Waals surface area contributed by atoms with Crippen molar-refractivity contribution in [2.75, 3.05) is 48.5 Å². The third-order valence-corrected chi connectivity index (χ3v) is 12.7. The Morgan fingerprint density at radius 3 is 0.848 bits per heavy atom. The fraction of sp³-hybridized carbons (Fsp3) is 1.00. The second-order valence-electron chi connectivity index (χ2n) is 5.69. The van der Waals surface area contributed by atoms with E-state index < -0.39 is 82.8 Å². The van der Waals surface area contributed by atoms with Crippen LogP contribution < -0.4 is 0 Å². The first-order chi connectivity index (χ1) is 14.7. The van der Waals surface area contributed by atoms with Crippen LogP contribution in [-0.4, -0.2) is 99.0 Å². The second kappa shape index (κ2) is 11.5.